The average molecular weight is 226 g/mol. The molecule has 0 radical (unpaired) electrons. The molecule has 2 N–H and O–H groups in total. The van der Waals surface area contributed by atoms with Gasteiger partial charge >= 0.3 is 0 Å². The Morgan fingerprint density at radius 1 is 1.25 bits per heavy atom. The first kappa shape index (κ1) is 14.0. The molecule has 1 rings (SSSR count). The molecular weight excluding hydrogens is 196 g/mol. The zero-order chi connectivity index (χ0) is 12.4. The van der Waals surface area contributed by atoms with Crippen molar-refractivity contribution >= 4 is 0 Å². The minimum absolute atomic E-state index is 0.312. The lowest BCUT2D eigenvalue weighted by Gasteiger charge is -2.33. The van der Waals surface area contributed by atoms with E-state index in [1.165, 1.54) is 32.5 Å². The van der Waals surface area contributed by atoms with Crippen molar-refractivity contribution in [1.29, 1.82) is 0 Å². The van der Waals surface area contributed by atoms with Crippen molar-refractivity contribution in [3.05, 3.63) is 0 Å². The van der Waals surface area contributed by atoms with Gasteiger partial charge in [0, 0.05) is 13.1 Å². The van der Waals surface area contributed by atoms with Crippen molar-refractivity contribution in [3.63, 3.8) is 0 Å². The number of nitrogens with zero attached hydrogens (tertiary/aromatic N) is 1. The minimum atomic E-state index is 0.312. The Balaban J connectivity index is 2.48. The standard InChI is InChI=1S/C14H30N2/c1-6-14(5,10-15)11-16-8-7-12(9-16)13(2,3)4/h12H,6-11,15H2,1-5H3. The number of rotatable bonds is 4. The topological polar surface area (TPSA) is 29.3 Å². The summed E-state index contributed by atoms with van der Waals surface area (Å²) >= 11 is 0. The molecule has 1 aliphatic rings. The van der Waals surface area contributed by atoms with Gasteiger partial charge in [0.15, 0.2) is 0 Å². The van der Waals surface area contributed by atoms with Crippen LogP contribution < -0.4 is 5.73 Å². The van der Waals surface area contributed by atoms with Crippen LogP contribution in [-0.2, 0) is 0 Å². The lowest BCUT2D eigenvalue weighted by atomic mass is 9.80. The molecule has 0 saturated carbocycles. The molecule has 1 aliphatic heterocycles. The molecule has 0 aromatic rings. The highest BCUT2D eigenvalue weighted by atomic mass is 15.2. The summed E-state index contributed by atoms with van der Waals surface area (Å²) in [6.07, 6.45) is 2.54. The summed E-state index contributed by atoms with van der Waals surface area (Å²) in [5, 5.41) is 0. The van der Waals surface area contributed by atoms with Crippen LogP contribution in [0.4, 0.5) is 0 Å². The van der Waals surface area contributed by atoms with Gasteiger partial charge in [-0.2, -0.15) is 0 Å². The van der Waals surface area contributed by atoms with Gasteiger partial charge in [0.1, 0.15) is 0 Å². The van der Waals surface area contributed by atoms with Crippen LogP contribution in [0.25, 0.3) is 0 Å². The fraction of sp³-hybridized carbons (Fsp3) is 1.00. The van der Waals surface area contributed by atoms with E-state index in [1.807, 2.05) is 0 Å². The van der Waals surface area contributed by atoms with Crippen LogP contribution >= 0.6 is 0 Å². The Morgan fingerprint density at radius 2 is 1.88 bits per heavy atom. The zero-order valence-electron chi connectivity index (χ0n) is 11.8. The maximum Gasteiger partial charge on any atom is 0.00474 e. The molecule has 96 valence electrons. The van der Waals surface area contributed by atoms with Crippen LogP contribution in [0.15, 0.2) is 0 Å². The molecule has 2 heteroatoms. The Labute approximate surface area is 102 Å². The monoisotopic (exact) mass is 226 g/mol. The van der Waals surface area contributed by atoms with E-state index in [1.54, 1.807) is 0 Å². The summed E-state index contributed by atoms with van der Waals surface area (Å²) in [6.45, 7) is 16.2. The molecule has 1 saturated heterocycles. The van der Waals surface area contributed by atoms with Crippen LogP contribution in [0.1, 0.15) is 47.5 Å². The van der Waals surface area contributed by atoms with Gasteiger partial charge in [-0.3, -0.25) is 0 Å². The van der Waals surface area contributed by atoms with Gasteiger partial charge in [-0.25, -0.2) is 0 Å². The lowest BCUT2D eigenvalue weighted by Crippen LogP contribution is -2.40. The van der Waals surface area contributed by atoms with E-state index in [9.17, 15) is 0 Å². The van der Waals surface area contributed by atoms with Gasteiger partial charge in [0.25, 0.3) is 0 Å². The fourth-order valence-corrected chi connectivity index (χ4v) is 2.54. The Kier molecular flexibility index (Phi) is 4.42. The highest BCUT2D eigenvalue weighted by molar-refractivity contribution is 4.87. The quantitative estimate of drug-likeness (QED) is 0.798. The number of hydrogen-bond donors (Lipinski definition) is 1. The van der Waals surface area contributed by atoms with Gasteiger partial charge in [-0.15, -0.1) is 0 Å². The first-order chi connectivity index (χ1) is 7.30. The van der Waals surface area contributed by atoms with Crippen LogP contribution in [0, 0.1) is 16.7 Å². The molecule has 16 heavy (non-hydrogen) atoms. The van der Waals surface area contributed by atoms with E-state index in [2.05, 4.69) is 39.5 Å². The van der Waals surface area contributed by atoms with E-state index in [4.69, 9.17) is 5.73 Å². The smallest absolute Gasteiger partial charge is 0.00474 e. The average Bonchev–Trinajstić information content (AvgIpc) is 2.65. The van der Waals surface area contributed by atoms with Gasteiger partial charge in [-0.05, 0) is 42.7 Å². The summed E-state index contributed by atoms with van der Waals surface area (Å²) in [5.74, 6) is 0.853. The highest BCUT2D eigenvalue weighted by Gasteiger charge is 2.34. The molecule has 2 atom stereocenters. The molecule has 2 nitrogen and oxygen atoms in total. The Bertz CT molecular complexity index is 213. The van der Waals surface area contributed by atoms with Crippen LogP contribution in [0.5, 0.6) is 0 Å². The van der Waals surface area contributed by atoms with Crippen molar-refractivity contribution in [2.45, 2.75) is 47.5 Å². The molecule has 2 unspecified atom stereocenters. The second kappa shape index (κ2) is 5.05. The summed E-state index contributed by atoms with van der Waals surface area (Å²) in [6, 6.07) is 0. The van der Waals surface area contributed by atoms with Crippen molar-refractivity contribution in [1.82, 2.24) is 4.90 Å². The summed E-state index contributed by atoms with van der Waals surface area (Å²) < 4.78 is 0. The summed E-state index contributed by atoms with van der Waals surface area (Å²) in [5.41, 5.74) is 6.66. The first-order valence-corrected chi connectivity index (χ1v) is 6.73. The zero-order valence-corrected chi connectivity index (χ0v) is 11.8. The van der Waals surface area contributed by atoms with E-state index in [0.717, 1.165) is 12.5 Å². The third-order valence-corrected chi connectivity index (χ3v) is 4.45. The van der Waals surface area contributed by atoms with Gasteiger partial charge < -0.3 is 10.6 Å². The second-order valence-corrected chi connectivity index (χ2v) is 6.96. The van der Waals surface area contributed by atoms with Crippen molar-refractivity contribution in [2.24, 2.45) is 22.5 Å². The normalized spacial score (nSPS) is 27.0. The maximum atomic E-state index is 5.89. The fourth-order valence-electron chi connectivity index (χ4n) is 2.54. The van der Waals surface area contributed by atoms with E-state index in [0.29, 0.717) is 10.8 Å². The largest absolute Gasteiger partial charge is 0.330 e. The third kappa shape index (κ3) is 3.46. The number of hydrogen-bond acceptors (Lipinski definition) is 2. The van der Waals surface area contributed by atoms with Crippen molar-refractivity contribution in [3.8, 4) is 0 Å². The van der Waals surface area contributed by atoms with Gasteiger partial charge in [0.05, 0.1) is 0 Å². The van der Waals surface area contributed by atoms with E-state index in [-0.39, 0.29) is 0 Å². The van der Waals surface area contributed by atoms with Crippen LogP contribution in [-0.4, -0.2) is 31.1 Å². The molecule has 0 spiro atoms. The summed E-state index contributed by atoms with van der Waals surface area (Å²) in [4.78, 5) is 2.62. The van der Waals surface area contributed by atoms with Gasteiger partial charge in [-0.1, -0.05) is 34.6 Å². The molecule has 0 amide bonds. The molecule has 0 bridgehead atoms. The van der Waals surface area contributed by atoms with Crippen molar-refractivity contribution in [2.75, 3.05) is 26.2 Å². The molecule has 0 aromatic carbocycles. The molecule has 1 heterocycles. The SMILES string of the molecule is CCC(C)(CN)CN1CCC(C(C)(C)C)C1. The highest BCUT2D eigenvalue weighted by Crippen LogP contribution is 2.35. The third-order valence-electron chi connectivity index (χ3n) is 4.45. The Morgan fingerprint density at radius 3 is 2.25 bits per heavy atom. The van der Waals surface area contributed by atoms with Crippen LogP contribution in [0.2, 0.25) is 0 Å². The predicted molar refractivity (Wildman–Crippen MR) is 71.5 cm³/mol. The van der Waals surface area contributed by atoms with E-state index >= 15 is 0 Å². The molecule has 1 fully saturated rings. The molecular formula is C14H30N2. The minimum Gasteiger partial charge on any atom is -0.330 e. The Hall–Kier alpha value is -0.0800. The predicted octanol–water partition coefficient (Wildman–Crippen LogP) is 2.73. The maximum absolute atomic E-state index is 5.89. The van der Waals surface area contributed by atoms with Crippen LogP contribution in [0.3, 0.4) is 0 Å². The first-order valence-electron chi connectivity index (χ1n) is 6.73. The lowest BCUT2D eigenvalue weighted by molar-refractivity contribution is 0.169. The number of nitrogens with two attached hydrogens (primary N) is 1. The van der Waals surface area contributed by atoms with E-state index < -0.39 is 0 Å². The second-order valence-electron chi connectivity index (χ2n) is 6.96. The number of likely N-dealkylation sites (tertiary alicyclic amines) is 1. The molecule has 0 aromatic heterocycles. The van der Waals surface area contributed by atoms with Crippen molar-refractivity contribution < 1.29 is 0 Å². The molecule has 0 aliphatic carbocycles. The summed E-state index contributed by atoms with van der Waals surface area (Å²) in [7, 11) is 0. The van der Waals surface area contributed by atoms with Gasteiger partial charge in [0.2, 0.25) is 0 Å².